The summed E-state index contributed by atoms with van der Waals surface area (Å²) in [6.45, 7) is 0. The first kappa shape index (κ1) is 22.4. The fourth-order valence-electron chi connectivity index (χ4n) is 3.01. The zero-order chi connectivity index (χ0) is 22.9. The Morgan fingerprint density at radius 2 is 1.34 bits per heavy atom. The maximum atomic E-state index is 13.1. The van der Waals surface area contributed by atoms with Crippen molar-refractivity contribution in [1.29, 1.82) is 0 Å². The molecule has 164 valence electrons. The van der Waals surface area contributed by atoms with Crippen LogP contribution >= 0.6 is 0 Å². The third-order valence-electron chi connectivity index (χ3n) is 4.56. The lowest BCUT2D eigenvalue weighted by molar-refractivity contribution is -0.113. The number of amides is 2. The number of carbonyl (C=O) groups is 2. The molecule has 3 aromatic rings. The molecule has 0 aliphatic heterocycles. The highest BCUT2D eigenvalue weighted by Crippen LogP contribution is 2.40. The van der Waals surface area contributed by atoms with E-state index in [1.165, 1.54) is 21.3 Å². The quantitative estimate of drug-likeness (QED) is 0.523. The predicted octanol–water partition coefficient (Wildman–Crippen LogP) is 4.12. The minimum atomic E-state index is -0.507. The number of ether oxygens (including phenoxy) is 3. The van der Waals surface area contributed by atoms with Crippen molar-refractivity contribution in [2.45, 2.75) is 0 Å². The summed E-state index contributed by atoms with van der Waals surface area (Å²) in [6.07, 6.45) is 1.61. The van der Waals surface area contributed by atoms with E-state index in [2.05, 4.69) is 10.6 Å². The standard InChI is InChI=1S/C25H24N2O5/c1-30-21-15-19(16-22(31-2)23(21)32-3)26-25(29)20(14-17-10-6-4-7-11-17)27-24(28)18-12-8-5-9-13-18/h4-16H,1-3H3,(H,26,29)(H,27,28). The largest absolute Gasteiger partial charge is 0.493 e. The Kier molecular flexibility index (Phi) is 7.48. The zero-order valence-corrected chi connectivity index (χ0v) is 18.0. The number of methoxy groups -OCH3 is 3. The summed E-state index contributed by atoms with van der Waals surface area (Å²) in [5.41, 5.74) is 1.69. The number of hydrogen-bond acceptors (Lipinski definition) is 5. The van der Waals surface area contributed by atoms with Gasteiger partial charge in [-0.3, -0.25) is 9.59 Å². The molecule has 3 aromatic carbocycles. The lowest BCUT2D eigenvalue weighted by Gasteiger charge is -2.16. The van der Waals surface area contributed by atoms with Crippen LogP contribution in [0.25, 0.3) is 6.08 Å². The van der Waals surface area contributed by atoms with Gasteiger partial charge in [-0.25, -0.2) is 0 Å². The van der Waals surface area contributed by atoms with Gasteiger partial charge in [-0.05, 0) is 23.8 Å². The first-order valence-electron chi connectivity index (χ1n) is 9.80. The molecule has 7 heteroatoms. The van der Waals surface area contributed by atoms with Crippen LogP contribution in [-0.2, 0) is 4.79 Å². The van der Waals surface area contributed by atoms with Gasteiger partial charge >= 0.3 is 0 Å². The van der Waals surface area contributed by atoms with Gasteiger partial charge in [0.1, 0.15) is 5.70 Å². The van der Waals surface area contributed by atoms with E-state index in [1.807, 2.05) is 36.4 Å². The summed E-state index contributed by atoms with van der Waals surface area (Å²) in [5, 5.41) is 5.49. The van der Waals surface area contributed by atoms with Gasteiger partial charge in [0.15, 0.2) is 11.5 Å². The third kappa shape index (κ3) is 5.46. The van der Waals surface area contributed by atoms with Crippen molar-refractivity contribution in [3.8, 4) is 17.2 Å². The Hall–Kier alpha value is -4.26. The Morgan fingerprint density at radius 3 is 1.88 bits per heavy atom. The molecule has 32 heavy (non-hydrogen) atoms. The molecule has 0 saturated carbocycles. The molecular formula is C25H24N2O5. The fraction of sp³-hybridized carbons (Fsp3) is 0.120. The van der Waals surface area contributed by atoms with E-state index in [9.17, 15) is 9.59 Å². The van der Waals surface area contributed by atoms with E-state index in [1.54, 1.807) is 42.5 Å². The molecule has 0 aliphatic carbocycles. The number of hydrogen-bond donors (Lipinski definition) is 2. The van der Waals surface area contributed by atoms with Crippen molar-refractivity contribution in [2.24, 2.45) is 0 Å². The highest BCUT2D eigenvalue weighted by Gasteiger charge is 2.18. The smallest absolute Gasteiger partial charge is 0.272 e. The second-order valence-electron chi connectivity index (χ2n) is 6.66. The van der Waals surface area contributed by atoms with Gasteiger partial charge < -0.3 is 24.8 Å². The minimum Gasteiger partial charge on any atom is -0.493 e. The van der Waals surface area contributed by atoms with Crippen molar-refractivity contribution in [3.05, 3.63) is 89.6 Å². The summed E-state index contributed by atoms with van der Waals surface area (Å²) in [5.74, 6) is 0.291. The minimum absolute atomic E-state index is 0.0822. The number of benzene rings is 3. The SMILES string of the molecule is COc1cc(NC(=O)C(=Cc2ccccc2)NC(=O)c2ccccc2)cc(OC)c1OC. The maximum Gasteiger partial charge on any atom is 0.272 e. The van der Waals surface area contributed by atoms with Crippen molar-refractivity contribution < 1.29 is 23.8 Å². The van der Waals surface area contributed by atoms with Gasteiger partial charge in [-0.15, -0.1) is 0 Å². The fourth-order valence-corrected chi connectivity index (χ4v) is 3.01. The van der Waals surface area contributed by atoms with Crippen LogP contribution in [0.2, 0.25) is 0 Å². The number of anilines is 1. The molecule has 3 rings (SSSR count). The van der Waals surface area contributed by atoms with Crippen LogP contribution in [0.4, 0.5) is 5.69 Å². The second kappa shape index (κ2) is 10.7. The van der Waals surface area contributed by atoms with Gasteiger partial charge in [0.05, 0.1) is 21.3 Å². The Bertz CT molecular complexity index is 1090. The first-order chi connectivity index (χ1) is 15.5. The van der Waals surface area contributed by atoms with Crippen LogP contribution in [0.15, 0.2) is 78.5 Å². The molecule has 0 bridgehead atoms. The summed E-state index contributed by atoms with van der Waals surface area (Å²) in [6, 6.07) is 21.1. The first-order valence-corrected chi connectivity index (χ1v) is 9.80. The van der Waals surface area contributed by atoms with Crippen LogP contribution in [-0.4, -0.2) is 33.1 Å². The molecule has 0 heterocycles. The lowest BCUT2D eigenvalue weighted by atomic mass is 10.1. The molecule has 2 N–H and O–H groups in total. The van der Waals surface area contributed by atoms with Crippen molar-refractivity contribution in [2.75, 3.05) is 26.6 Å². The summed E-state index contributed by atoms with van der Waals surface area (Å²) < 4.78 is 16.0. The van der Waals surface area contributed by atoms with Crippen LogP contribution in [0.3, 0.4) is 0 Å². The number of nitrogens with one attached hydrogen (secondary N) is 2. The Balaban J connectivity index is 1.92. The zero-order valence-electron chi connectivity index (χ0n) is 18.0. The second-order valence-corrected chi connectivity index (χ2v) is 6.66. The number of rotatable bonds is 8. The Labute approximate surface area is 186 Å². The third-order valence-corrected chi connectivity index (χ3v) is 4.56. The van der Waals surface area contributed by atoms with Crippen LogP contribution in [0.1, 0.15) is 15.9 Å². The molecule has 0 fully saturated rings. The molecule has 7 nitrogen and oxygen atoms in total. The van der Waals surface area contributed by atoms with Gasteiger partial charge in [0, 0.05) is 23.4 Å². The van der Waals surface area contributed by atoms with E-state index in [4.69, 9.17) is 14.2 Å². The lowest BCUT2D eigenvalue weighted by Crippen LogP contribution is -2.30. The van der Waals surface area contributed by atoms with E-state index >= 15 is 0 Å². The predicted molar refractivity (Wildman–Crippen MR) is 123 cm³/mol. The molecule has 0 unspecified atom stereocenters. The van der Waals surface area contributed by atoms with Gasteiger partial charge in [-0.2, -0.15) is 0 Å². The molecule has 0 atom stereocenters. The topological polar surface area (TPSA) is 85.9 Å². The Morgan fingerprint density at radius 1 is 0.781 bits per heavy atom. The molecule has 0 radical (unpaired) electrons. The number of carbonyl (C=O) groups excluding carboxylic acids is 2. The average Bonchev–Trinajstić information content (AvgIpc) is 2.84. The van der Waals surface area contributed by atoms with E-state index < -0.39 is 11.8 Å². The molecule has 0 saturated heterocycles. The summed E-state index contributed by atoms with van der Waals surface area (Å²) >= 11 is 0. The molecule has 0 aromatic heterocycles. The molecular weight excluding hydrogens is 408 g/mol. The highest BCUT2D eigenvalue weighted by molar-refractivity contribution is 6.10. The monoisotopic (exact) mass is 432 g/mol. The van der Waals surface area contributed by atoms with Crippen molar-refractivity contribution in [1.82, 2.24) is 5.32 Å². The van der Waals surface area contributed by atoms with Gasteiger partial charge in [-0.1, -0.05) is 48.5 Å². The van der Waals surface area contributed by atoms with E-state index in [-0.39, 0.29) is 5.70 Å². The normalized spacial score (nSPS) is 10.8. The summed E-state index contributed by atoms with van der Waals surface area (Å²) in [7, 11) is 4.48. The van der Waals surface area contributed by atoms with Crippen LogP contribution in [0, 0.1) is 0 Å². The van der Waals surface area contributed by atoms with E-state index in [0.717, 1.165) is 5.56 Å². The van der Waals surface area contributed by atoms with Crippen molar-refractivity contribution >= 4 is 23.6 Å². The maximum absolute atomic E-state index is 13.1. The van der Waals surface area contributed by atoms with E-state index in [0.29, 0.717) is 28.5 Å². The van der Waals surface area contributed by atoms with Gasteiger partial charge in [0.25, 0.3) is 11.8 Å². The molecule has 0 spiro atoms. The van der Waals surface area contributed by atoms with Crippen LogP contribution in [0.5, 0.6) is 17.2 Å². The molecule has 0 aliphatic rings. The van der Waals surface area contributed by atoms with Crippen LogP contribution < -0.4 is 24.8 Å². The van der Waals surface area contributed by atoms with Gasteiger partial charge in [0.2, 0.25) is 5.75 Å². The van der Waals surface area contributed by atoms with Crippen molar-refractivity contribution in [3.63, 3.8) is 0 Å². The molecule has 2 amide bonds. The summed E-state index contributed by atoms with van der Waals surface area (Å²) in [4.78, 5) is 25.8. The average molecular weight is 432 g/mol. The highest BCUT2D eigenvalue weighted by atomic mass is 16.5.